The Morgan fingerprint density at radius 2 is 1.94 bits per heavy atom. The Hall–Kier alpha value is -3.58. The number of aryl methyl sites for hydroxylation is 1. The summed E-state index contributed by atoms with van der Waals surface area (Å²) in [6, 6.07) is 16.7. The zero-order valence-corrected chi connectivity index (χ0v) is 20.9. The molecule has 1 aliphatic heterocycles. The van der Waals surface area contributed by atoms with Gasteiger partial charge in [-0.15, -0.1) is 17.9 Å². The molecule has 0 saturated carbocycles. The number of methoxy groups -OCH3 is 1. The molecule has 35 heavy (non-hydrogen) atoms. The molecule has 0 fully saturated rings. The van der Waals surface area contributed by atoms with Crippen LogP contribution in [0.5, 0.6) is 11.5 Å². The lowest BCUT2D eigenvalue weighted by Gasteiger charge is -2.37. The topological polar surface area (TPSA) is 59.1 Å². The van der Waals surface area contributed by atoms with E-state index in [-0.39, 0.29) is 24.4 Å². The van der Waals surface area contributed by atoms with E-state index in [0.29, 0.717) is 36.8 Å². The summed E-state index contributed by atoms with van der Waals surface area (Å²) < 4.78 is 11.4. The maximum Gasteiger partial charge on any atom is 0.254 e. The van der Waals surface area contributed by atoms with Crippen LogP contribution in [0.25, 0.3) is 0 Å². The Morgan fingerprint density at radius 1 is 1.17 bits per heavy atom. The van der Waals surface area contributed by atoms with Crippen LogP contribution in [-0.2, 0) is 11.2 Å². The Balaban J connectivity index is 1.52. The van der Waals surface area contributed by atoms with Gasteiger partial charge in [-0.25, -0.2) is 0 Å². The lowest BCUT2D eigenvalue weighted by molar-refractivity contribution is -0.135. The third-order valence-corrected chi connectivity index (χ3v) is 7.12. The van der Waals surface area contributed by atoms with E-state index in [1.54, 1.807) is 41.6 Å². The number of thiophene rings is 1. The molecule has 2 aromatic carbocycles. The van der Waals surface area contributed by atoms with Crippen LogP contribution in [0.15, 0.2) is 72.6 Å². The van der Waals surface area contributed by atoms with Crippen molar-refractivity contribution >= 4 is 23.2 Å². The zero-order valence-electron chi connectivity index (χ0n) is 20.1. The van der Waals surface area contributed by atoms with Crippen molar-refractivity contribution < 1.29 is 19.1 Å². The van der Waals surface area contributed by atoms with E-state index in [0.717, 1.165) is 17.5 Å². The second-order valence-corrected chi connectivity index (χ2v) is 9.48. The minimum Gasteiger partial charge on any atom is -0.497 e. The minimum absolute atomic E-state index is 0.0200. The van der Waals surface area contributed by atoms with Crippen LogP contribution < -0.4 is 9.47 Å². The fourth-order valence-corrected chi connectivity index (χ4v) is 5.18. The van der Waals surface area contributed by atoms with E-state index >= 15 is 0 Å². The fraction of sp³-hybridized carbons (Fsp3) is 0.286. The molecule has 0 N–H and O–H groups in total. The third kappa shape index (κ3) is 5.74. The van der Waals surface area contributed by atoms with Gasteiger partial charge in [0.2, 0.25) is 5.91 Å². The molecular formula is C28H30N2O4S. The summed E-state index contributed by atoms with van der Waals surface area (Å²) in [5, 5.41) is 2.06. The molecule has 0 bridgehead atoms. The quantitative estimate of drug-likeness (QED) is 0.401. The van der Waals surface area contributed by atoms with Crippen LogP contribution in [0.4, 0.5) is 0 Å². The number of benzene rings is 2. The molecule has 1 atom stereocenters. The van der Waals surface area contributed by atoms with Crippen molar-refractivity contribution in [3.8, 4) is 11.5 Å². The SMILES string of the molecule is C=CCN(CC(=O)N1CCc2sccc2[C@H]1COc1cccc(OC)c1)C(=O)c1ccc(C)cc1. The van der Waals surface area contributed by atoms with Gasteiger partial charge in [0.25, 0.3) is 5.91 Å². The summed E-state index contributed by atoms with van der Waals surface area (Å²) in [7, 11) is 1.62. The van der Waals surface area contributed by atoms with E-state index in [2.05, 4.69) is 18.0 Å². The maximum atomic E-state index is 13.6. The highest BCUT2D eigenvalue weighted by Crippen LogP contribution is 2.34. The van der Waals surface area contributed by atoms with Crippen molar-refractivity contribution in [3.63, 3.8) is 0 Å². The second kappa shape index (κ2) is 11.2. The minimum atomic E-state index is -0.233. The first-order chi connectivity index (χ1) is 17.0. The van der Waals surface area contributed by atoms with Gasteiger partial charge in [0.05, 0.1) is 13.2 Å². The van der Waals surface area contributed by atoms with Crippen LogP contribution in [0.3, 0.4) is 0 Å². The molecule has 182 valence electrons. The summed E-state index contributed by atoms with van der Waals surface area (Å²) >= 11 is 1.70. The van der Waals surface area contributed by atoms with Gasteiger partial charge < -0.3 is 19.3 Å². The van der Waals surface area contributed by atoms with Gasteiger partial charge in [-0.2, -0.15) is 0 Å². The van der Waals surface area contributed by atoms with Crippen molar-refractivity contribution in [2.45, 2.75) is 19.4 Å². The predicted octanol–water partition coefficient (Wildman–Crippen LogP) is 4.90. The van der Waals surface area contributed by atoms with Crippen LogP contribution in [0.2, 0.25) is 0 Å². The largest absolute Gasteiger partial charge is 0.497 e. The standard InChI is InChI=1S/C28H30N2O4S/c1-4-14-29(28(32)21-10-8-20(2)9-11-21)18-27(31)30-15-12-26-24(13-16-35-26)25(30)19-34-23-7-5-6-22(17-23)33-3/h4-11,13,16-17,25H,1,12,14-15,18-19H2,2-3H3/t25-/m1/s1. The molecule has 4 rings (SSSR count). The Kier molecular flexibility index (Phi) is 7.87. The number of ether oxygens (including phenoxy) is 2. The van der Waals surface area contributed by atoms with Crippen molar-refractivity contribution in [2.24, 2.45) is 0 Å². The van der Waals surface area contributed by atoms with Gasteiger partial charge in [-0.3, -0.25) is 9.59 Å². The summed E-state index contributed by atoms with van der Waals surface area (Å²) in [6.07, 6.45) is 2.44. The van der Waals surface area contributed by atoms with E-state index in [4.69, 9.17) is 9.47 Å². The van der Waals surface area contributed by atoms with Gasteiger partial charge in [-0.1, -0.05) is 29.8 Å². The molecule has 7 heteroatoms. The maximum absolute atomic E-state index is 13.6. The highest BCUT2D eigenvalue weighted by molar-refractivity contribution is 7.10. The van der Waals surface area contributed by atoms with Gasteiger partial charge in [-0.05, 0) is 54.6 Å². The molecular weight excluding hydrogens is 460 g/mol. The van der Waals surface area contributed by atoms with Gasteiger partial charge in [0.15, 0.2) is 0 Å². The number of fused-ring (bicyclic) bond motifs is 1. The molecule has 0 spiro atoms. The van der Waals surface area contributed by atoms with E-state index in [1.165, 1.54) is 4.88 Å². The molecule has 0 saturated heterocycles. The summed E-state index contributed by atoms with van der Waals surface area (Å²) in [6.45, 7) is 6.92. The first-order valence-corrected chi connectivity index (χ1v) is 12.5. The molecule has 3 aromatic rings. The molecule has 0 unspecified atom stereocenters. The molecule has 0 aliphatic carbocycles. The van der Waals surface area contributed by atoms with Crippen molar-refractivity contribution in [3.05, 3.63) is 94.2 Å². The molecule has 2 heterocycles. The van der Waals surface area contributed by atoms with Gasteiger partial charge in [0.1, 0.15) is 24.7 Å². The number of carbonyl (C=O) groups is 2. The summed E-state index contributed by atoms with van der Waals surface area (Å²) in [5.41, 5.74) is 2.74. The van der Waals surface area contributed by atoms with Crippen LogP contribution in [-0.4, -0.2) is 55.0 Å². The number of hydrogen-bond donors (Lipinski definition) is 0. The lowest BCUT2D eigenvalue weighted by Crippen LogP contribution is -2.47. The van der Waals surface area contributed by atoms with Gasteiger partial charge >= 0.3 is 0 Å². The van der Waals surface area contributed by atoms with Gasteiger partial charge in [0, 0.05) is 29.6 Å². The zero-order chi connectivity index (χ0) is 24.8. The molecule has 1 aliphatic rings. The van der Waals surface area contributed by atoms with Crippen LogP contribution in [0, 0.1) is 6.92 Å². The smallest absolute Gasteiger partial charge is 0.254 e. The second-order valence-electron chi connectivity index (χ2n) is 8.48. The summed E-state index contributed by atoms with van der Waals surface area (Å²) in [4.78, 5) is 31.4. The summed E-state index contributed by atoms with van der Waals surface area (Å²) in [5.74, 6) is 1.10. The number of hydrogen-bond acceptors (Lipinski definition) is 5. The van der Waals surface area contributed by atoms with E-state index in [1.807, 2.05) is 48.2 Å². The molecule has 0 radical (unpaired) electrons. The predicted molar refractivity (Wildman–Crippen MR) is 138 cm³/mol. The van der Waals surface area contributed by atoms with Crippen LogP contribution in [0.1, 0.15) is 32.4 Å². The number of rotatable bonds is 9. The Morgan fingerprint density at radius 3 is 2.69 bits per heavy atom. The number of nitrogens with zero attached hydrogens (tertiary/aromatic N) is 2. The fourth-order valence-electron chi connectivity index (χ4n) is 4.25. The molecule has 2 amide bonds. The van der Waals surface area contributed by atoms with E-state index in [9.17, 15) is 9.59 Å². The van der Waals surface area contributed by atoms with Crippen molar-refractivity contribution in [1.82, 2.24) is 9.80 Å². The molecule has 1 aromatic heterocycles. The Bertz CT molecular complexity index is 1190. The highest BCUT2D eigenvalue weighted by Gasteiger charge is 2.33. The van der Waals surface area contributed by atoms with Crippen molar-refractivity contribution in [1.29, 1.82) is 0 Å². The monoisotopic (exact) mass is 490 g/mol. The Labute approximate surface area is 210 Å². The highest BCUT2D eigenvalue weighted by atomic mass is 32.1. The number of carbonyl (C=O) groups excluding carboxylic acids is 2. The average molecular weight is 491 g/mol. The normalized spacial score (nSPS) is 14.7. The molecule has 6 nitrogen and oxygen atoms in total. The van der Waals surface area contributed by atoms with Crippen molar-refractivity contribution in [2.75, 3.05) is 33.4 Å². The van der Waals surface area contributed by atoms with E-state index < -0.39 is 0 Å². The average Bonchev–Trinajstić information content (AvgIpc) is 3.36. The first kappa shape index (κ1) is 24.5. The first-order valence-electron chi connectivity index (χ1n) is 11.6. The van der Waals surface area contributed by atoms with Crippen LogP contribution >= 0.6 is 11.3 Å². The lowest BCUT2D eigenvalue weighted by atomic mass is 10.0. The number of amides is 2. The third-order valence-electron chi connectivity index (χ3n) is 6.13.